The van der Waals surface area contributed by atoms with Crippen molar-refractivity contribution in [2.45, 2.75) is 38.7 Å². The Morgan fingerprint density at radius 1 is 1.24 bits per heavy atom. The van der Waals surface area contributed by atoms with E-state index in [-0.39, 0.29) is 23.8 Å². The molecule has 0 aromatic heterocycles. The second-order valence-corrected chi connectivity index (χ2v) is 7.98. The first-order valence-corrected chi connectivity index (χ1v) is 8.90. The van der Waals surface area contributed by atoms with Crippen LogP contribution in [-0.2, 0) is 9.53 Å². The summed E-state index contributed by atoms with van der Waals surface area (Å²) in [6.07, 6.45) is 0.467. The second kappa shape index (κ2) is 5.64. The molecule has 1 aromatic rings. The van der Waals surface area contributed by atoms with E-state index >= 15 is 0 Å². The Labute approximate surface area is 147 Å². The van der Waals surface area contributed by atoms with Crippen molar-refractivity contribution < 1.29 is 19.1 Å². The Balaban J connectivity index is 1.67. The van der Waals surface area contributed by atoms with E-state index in [0.29, 0.717) is 26.2 Å². The first-order valence-electron chi connectivity index (χ1n) is 8.90. The number of fused-ring (bicyclic) bond motifs is 2. The zero-order valence-electron chi connectivity index (χ0n) is 14.9. The molecule has 0 bridgehead atoms. The number of likely N-dealkylation sites (tertiary alicyclic amines) is 1. The third kappa shape index (κ3) is 2.73. The number of rotatable bonds is 0. The van der Waals surface area contributed by atoms with E-state index in [2.05, 4.69) is 6.07 Å². The van der Waals surface area contributed by atoms with Crippen molar-refractivity contribution in [2.75, 3.05) is 31.1 Å². The lowest BCUT2D eigenvalue weighted by atomic mass is 9.83. The monoisotopic (exact) mass is 344 g/mol. The maximum atomic E-state index is 13.1. The lowest BCUT2D eigenvalue weighted by Crippen LogP contribution is -2.43. The summed E-state index contributed by atoms with van der Waals surface area (Å²) >= 11 is 0. The summed E-state index contributed by atoms with van der Waals surface area (Å²) in [6, 6.07) is 5.95. The van der Waals surface area contributed by atoms with E-state index in [0.717, 1.165) is 23.4 Å². The zero-order chi connectivity index (χ0) is 17.8. The molecule has 2 unspecified atom stereocenters. The van der Waals surface area contributed by atoms with Crippen LogP contribution in [-0.4, -0.2) is 48.7 Å². The van der Waals surface area contributed by atoms with Crippen LogP contribution in [0, 0.1) is 5.92 Å². The van der Waals surface area contributed by atoms with Gasteiger partial charge in [-0.25, -0.2) is 4.79 Å². The fourth-order valence-electron chi connectivity index (χ4n) is 4.03. The molecule has 2 atom stereocenters. The van der Waals surface area contributed by atoms with Gasteiger partial charge in [0.05, 0.1) is 18.2 Å². The number of carbonyl (C=O) groups is 2. The summed E-state index contributed by atoms with van der Waals surface area (Å²) in [5, 5.41) is 0. The average molecular weight is 344 g/mol. The van der Waals surface area contributed by atoms with Crippen LogP contribution < -0.4 is 9.64 Å². The molecular formula is C19H24N2O4. The van der Waals surface area contributed by atoms with Crippen LogP contribution in [0.4, 0.5) is 10.5 Å². The van der Waals surface area contributed by atoms with Crippen LogP contribution in [0.5, 0.6) is 5.75 Å². The molecule has 6 nitrogen and oxygen atoms in total. The summed E-state index contributed by atoms with van der Waals surface area (Å²) in [4.78, 5) is 29.1. The number of carbonyl (C=O) groups excluding carboxylic acids is 2. The second-order valence-electron chi connectivity index (χ2n) is 7.98. The number of anilines is 1. The SMILES string of the molecule is CC(C)(C)OC(=O)N1CC2C(=O)N3CCCOc4cccc(c43)C2C1. The summed E-state index contributed by atoms with van der Waals surface area (Å²) in [5.74, 6) is 0.681. The number of ether oxygens (including phenoxy) is 2. The lowest BCUT2D eigenvalue weighted by molar-refractivity contribution is -0.122. The van der Waals surface area contributed by atoms with E-state index < -0.39 is 5.60 Å². The van der Waals surface area contributed by atoms with Gasteiger partial charge in [-0.2, -0.15) is 0 Å². The van der Waals surface area contributed by atoms with Gasteiger partial charge in [-0.05, 0) is 38.8 Å². The topological polar surface area (TPSA) is 59.1 Å². The van der Waals surface area contributed by atoms with Gasteiger partial charge in [0.2, 0.25) is 5.91 Å². The number of hydrogen-bond donors (Lipinski definition) is 0. The highest BCUT2D eigenvalue weighted by Gasteiger charge is 2.48. The fourth-order valence-corrected chi connectivity index (χ4v) is 4.03. The Bertz CT molecular complexity index is 725. The molecule has 3 aliphatic heterocycles. The Kier molecular flexibility index (Phi) is 3.67. The lowest BCUT2D eigenvalue weighted by Gasteiger charge is -2.35. The smallest absolute Gasteiger partial charge is 0.410 e. The number of hydrogen-bond acceptors (Lipinski definition) is 4. The van der Waals surface area contributed by atoms with Crippen LogP contribution in [0.25, 0.3) is 0 Å². The van der Waals surface area contributed by atoms with Gasteiger partial charge in [0.1, 0.15) is 11.4 Å². The van der Waals surface area contributed by atoms with Gasteiger partial charge in [-0.1, -0.05) is 12.1 Å². The highest BCUT2D eigenvalue weighted by molar-refractivity contribution is 6.01. The molecule has 134 valence electrons. The Morgan fingerprint density at radius 3 is 2.76 bits per heavy atom. The summed E-state index contributed by atoms with van der Waals surface area (Å²) in [6.45, 7) is 7.77. The van der Waals surface area contributed by atoms with Crippen molar-refractivity contribution in [1.82, 2.24) is 4.90 Å². The average Bonchev–Trinajstić information content (AvgIpc) is 2.87. The molecule has 2 amide bonds. The maximum Gasteiger partial charge on any atom is 0.410 e. The van der Waals surface area contributed by atoms with Gasteiger partial charge in [-0.15, -0.1) is 0 Å². The predicted molar refractivity (Wildman–Crippen MR) is 92.9 cm³/mol. The Hall–Kier alpha value is -2.24. The minimum atomic E-state index is -0.541. The van der Waals surface area contributed by atoms with Gasteiger partial charge in [0.15, 0.2) is 0 Å². The van der Waals surface area contributed by atoms with E-state index in [4.69, 9.17) is 9.47 Å². The van der Waals surface area contributed by atoms with Crippen molar-refractivity contribution in [3.8, 4) is 5.75 Å². The molecule has 4 rings (SSSR count). The molecule has 0 N–H and O–H groups in total. The molecule has 25 heavy (non-hydrogen) atoms. The molecule has 3 aliphatic rings. The van der Waals surface area contributed by atoms with E-state index in [1.807, 2.05) is 37.8 Å². The fraction of sp³-hybridized carbons (Fsp3) is 0.579. The first kappa shape index (κ1) is 16.2. The maximum absolute atomic E-state index is 13.1. The Morgan fingerprint density at radius 2 is 2.00 bits per heavy atom. The van der Waals surface area contributed by atoms with Crippen LogP contribution >= 0.6 is 0 Å². The number of benzene rings is 1. The summed E-state index contributed by atoms with van der Waals surface area (Å²) in [5.41, 5.74) is 1.47. The first-order chi connectivity index (χ1) is 11.8. The van der Waals surface area contributed by atoms with Crippen LogP contribution in [0.15, 0.2) is 18.2 Å². The van der Waals surface area contributed by atoms with Crippen molar-refractivity contribution in [3.63, 3.8) is 0 Å². The normalized spacial score (nSPS) is 25.0. The molecule has 0 aliphatic carbocycles. The molecule has 0 radical (unpaired) electrons. The van der Waals surface area contributed by atoms with Crippen molar-refractivity contribution in [3.05, 3.63) is 23.8 Å². The summed E-state index contributed by atoms with van der Waals surface area (Å²) in [7, 11) is 0. The molecule has 1 aromatic carbocycles. The number of nitrogens with zero attached hydrogens (tertiary/aromatic N) is 2. The van der Waals surface area contributed by atoms with Gasteiger partial charge in [0, 0.05) is 25.6 Å². The minimum absolute atomic E-state index is 0.00733. The van der Waals surface area contributed by atoms with Gasteiger partial charge < -0.3 is 19.3 Å². The summed E-state index contributed by atoms with van der Waals surface area (Å²) < 4.78 is 11.3. The van der Waals surface area contributed by atoms with Crippen LogP contribution in [0.1, 0.15) is 38.7 Å². The molecule has 1 saturated heterocycles. The third-order valence-corrected chi connectivity index (χ3v) is 5.04. The van der Waals surface area contributed by atoms with Crippen LogP contribution in [0.2, 0.25) is 0 Å². The molecule has 0 saturated carbocycles. The van der Waals surface area contributed by atoms with Crippen molar-refractivity contribution >= 4 is 17.7 Å². The molecule has 6 heteroatoms. The van der Waals surface area contributed by atoms with Gasteiger partial charge in [0.25, 0.3) is 0 Å². The molecule has 3 heterocycles. The number of para-hydroxylation sites is 1. The standard InChI is InChI=1S/C19H24N2O4/c1-19(2,3)25-18(23)20-10-13-12-6-4-7-15-16(12)21(8-5-9-24-15)17(22)14(13)11-20/h4,6-7,13-14H,5,8-11H2,1-3H3. The van der Waals surface area contributed by atoms with Crippen molar-refractivity contribution in [1.29, 1.82) is 0 Å². The zero-order valence-corrected chi connectivity index (χ0v) is 14.9. The van der Waals surface area contributed by atoms with E-state index in [9.17, 15) is 9.59 Å². The quantitative estimate of drug-likeness (QED) is 0.726. The molecule has 1 fully saturated rings. The minimum Gasteiger partial charge on any atom is -0.491 e. The highest BCUT2D eigenvalue weighted by Crippen LogP contribution is 2.48. The van der Waals surface area contributed by atoms with E-state index in [1.165, 1.54) is 0 Å². The predicted octanol–water partition coefficient (Wildman–Crippen LogP) is 2.77. The molecule has 0 spiro atoms. The van der Waals surface area contributed by atoms with Crippen molar-refractivity contribution in [2.24, 2.45) is 5.92 Å². The van der Waals surface area contributed by atoms with Crippen LogP contribution in [0.3, 0.4) is 0 Å². The van der Waals surface area contributed by atoms with Gasteiger partial charge >= 0.3 is 6.09 Å². The van der Waals surface area contributed by atoms with Gasteiger partial charge in [-0.3, -0.25) is 4.79 Å². The van der Waals surface area contributed by atoms with E-state index in [1.54, 1.807) is 4.90 Å². The molecular weight excluding hydrogens is 320 g/mol. The third-order valence-electron chi connectivity index (χ3n) is 5.04. The highest BCUT2D eigenvalue weighted by atomic mass is 16.6. The number of amides is 2. The largest absolute Gasteiger partial charge is 0.491 e.